The van der Waals surface area contributed by atoms with Crippen LogP contribution >= 0.6 is 11.8 Å². The Bertz CT molecular complexity index is 994. The summed E-state index contributed by atoms with van der Waals surface area (Å²) in [6.07, 6.45) is 1.74. The van der Waals surface area contributed by atoms with Crippen LogP contribution in [0.2, 0.25) is 0 Å². The van der Waals surface area contributed by atoms with E-state index in [2.05, 4.69) is 15.3 Å². The Morgan fingerprint density at radius 1 is 1.14 bits per heavy atom. The smallest absolute Gasteiger partial charge is 0.283 e. The Morgan fingerprint density at radius 3 is 2.50 bits per heavy atom. The van der Waals surface area contributed by atoms with Gasteiger partial charge in [0.05, 0.1) is 9.82 Å². The van der Waals surface area contributed by atoms with E-state index < -0.39 is 0 Å². The molecule has 0 spiro atoms. The Balaban J connectivity index is 1.79. The average Bonchev–Trinajstić information content (AvgIpc) is 2.68. The lowest BCUT2D eigenvalue weighted by molar-refractivity contribution is -0.387. The molecule has 0 amide bonds. The third-order valence-electron chi connectivity index (χ3n) is 4.07. The van der Waals surface area contributed by atoms with Gasteiger partial charge in [0, 0.05) is 40.9 Å². The first-order valence-electron chi connectivity index (χ1n) is 8.81. The van der Waals surface area contributed by atoms with Crippen LogP contribution in [0.1, 0.15) is 31.2 Å². The highest BCUT2D eigenvalue weighted by Gasteiger charge is 2.15. The van der Waals surface area contributed by atoms with Crippen molar-refractivity contribution >= 4 is 29.0 Å². The van der Waals surface area contributed by atoms with E-state index in [1.165, 1.54) is 17.8 Å². The molecule has 0 saturated carbocycles. The summed E-state index contributed by atoms with van der Waals surface area (Å²) < 4.78 is 0. The van der Waals surface area contributed by atoms with Gasteiger partial charge in [0.1, 0.15) is 11.6 Å². The van der Waals surface area contributed by atoms with Crippen molar-refractivity contribution in [2.24, 2.45) is 0 Å². The summed E-state index contributed by atoms with van der Waals surface area (Å²) in [6, 6.07) is 14.4. The first kappa shape index (κ1) is 19.6. The molecule has 0 aliphatic heterocycles. The largest absolute Gasteiger partial charge is 0.383 e. The van der Waals surface area contributed by atoms with Crippen LogP contribution in [0.15, 0.2) is 64.5 Å². The monoisotopic (exact) mass is 395 g/mol. The predicted molar refractivity (Wildman–Crippen MR) is 112 cm³/mol. The standard InChI is InChI=1S/C20H21N5O2S/c1-13(2)20-23-12-14(19(21)24-20)11-22-15-7-3-5-9-17(15)28-18-10-6-4-8-16(18)25(26)27/h3-10,12-13,22H,11H2,1-2H3,(H2,21,23,24). The molecule has 0 aliphatic carbocycles. The third kappa shape index (κ3) is 4.58. The molecule has 7 nitrogen and oxygen atoms in total. The van der Waals surface area contributed by atoms with Crippen LogP contribution in [0.3, 0.4) is 0 Å². The van der Waals surface area contributed by atoms with Gasteiger partial charge in [-0.25, -0.2) is 9.97 Å². The fraction of sp³-hybridized carbons (Fsp3) is 0.200. The molecule has 0 fully saturated rings. The number of nitrogens with zero attached hydrogens (tertiary/aromatic N) is 3. The van der Waals surface area contributed by atoms with Crippen LogP contribution in [-0.4, -0.2) is 14.9 Å². The number of para-hydroxylation sites is 2. The number of hydrogen-bond acceptors (Lipinski definition) is 7. The minimum Gasteiger partial charge on any atom is -0.383 e. The van der Waals surface area contributed by atoms with E-state index in [0.717, 1.165) is 16.1 Å². The zero-order chi connectivity index (χ0) is 20.1. The molecule has 0 radical (unpaired) electrons. The molecule has 28 heavy (non-hydrogen) atoms. The minimum absolute atomic E-state index is 0.0872. The molecule has 0 saturated heterocycles. The Hall–Kier alpha value is -3.13. The van der Waals surface area contributed by atoms with Crippen molar-refractivity contribution in [3.05, 3.63) is 76.2 Å². The normalized spacial score (nSPS) is 10.8. The molecule has 8 heteroatoms. The summed E-state index contributed by atoms with van der Waals surface area (Å²) in [7, 11) is 0. The van der Waals surface area contributed by atoms with Crippen molar-refractivity contribution in [1.29, 1.82) is 0 Å². The lowest BCUT2D eigenvalue weighted by atomic mass is 10.2. The van der Waals surface area contributed by atoms with Gasteiger partial charge in [-0.05, 0) is 18.2 Å². The molecule has 1 heterocycles. The van der Waals surface area contributed by atoms with E-state index in [9.17, 15) is 10.1 Å². The van der Waals surface area contributed by atoms with Crippen molar-refractivity contribution in [1.82, 2.24) is 9.97 Å². The van der Waals surface area contributed by atoms with Gasteiger partial charge in [-0.2, -0.15) is 0 Å². The molecule has 1 aromatic heterocycles. The van der Waals surface area contributed by atoms with Crippen LogP contribution < -0.4 is 11.1 Å². The van der Waals surface area contributed by atoms with Gasteiger partial charge < -0.3 is 11.1 Å². The molecule has 2 aromatic carbocycles. The number of nitrogens with two attached hydrogens (primary N) is 1. The number of rotatable bonds is 7. The maximum atomic E-state index is 11.3. The number of nitrogens with one attached hydrogen (secondary N) is 1. The maximum Gasteiger partial charge on any atom is 0.283 e. The van der Waals surface area contributed by atoms with E-state index >= 15 is 0 Å². The minimum atomic E-state index is -0.368. The Kier molecular flexibility index (Phi) is 6.10. The van der Waals surface area contributed by atoms with Crippen LogP contribution in [0.4, 0.5) is 17.2 Å². The highest BCUT2D eigenvalue weighted by molar-refractivity contribution is 7.99. The molecule has 0 aliphatic rings. The molecule has 144 valence electrons. The van der Waals surface area contributed by atoms with Crippen molar-refractivity contribution in [2.75, 3.05) is 11.1 Å². The molecular weight excluding hydrogens is 374 g/mol. The van der Waals surface area contributed by atoms with Gasteiger partial charge in [-0.15, -0.1) is 0 Å². The van der Waals surface area contributed by atoms with Crippen molar-refractivity contribution < 1.29 is 4.92 Å². The average molecular weight is 395 g/mol. The predicted octanol–water partition coefficient (Wildman–Crippen LogP) is 4.85. The Labute approximate surface area is 167 Å². The van der Waals surface area contributed by atoms with E-state index in [1.807, 2.05) is 38.1 Å². The molecule has 0 unspecified atom stereocenters. The van der Waals surface area contributed by atoms with Crippen LogP contribution in [0.5, 0.6) is 0 Å². The summed E-state index contributed by atoms with van der Waals surface area (Å²) in [5.41, 5.74) is 7.81. The van der Waals surface area contributed by atoms with Gasteiger partial charge in [0.2, 0.25) is 0 Å². The highest BCUT2D eigenvalue weighted by Crippen LogP contribution is 2.38. The van der Waals surface area contributed by atoms with E-state index in [-0.39, 0.29) is 16.5 Å². The van der Waals surface area contributed by atoms with Crippen LogP contribution in [0.25, 0.3) is 0 Å². The number of nitrogen functional groups attached to an aromatic ring is 1. The molecule has 3 N–H and O–H groups in total. The summed E-state index contributed by atoms with van der Waals surface area (Å²) in [5, 5.41) is 14.6. The zero-order valence-electron chi connectivity index (χ0n) is 15.6. The second-order valence-electron chi connectivity index (χ2n) is 6.47. The van der Waals surface area contributed by atoms with Crippen LogP contribution in [-0.2, 0) is 6.54 Å². The van der Waals surface area contributed by atoms with Gasteiger partial charge >= 0.3 is 0 Å². The van der Waals surface area contributed by atoms with Crippen LogP contribution in [0, 0.1) is 10.1 Å². The van der Waals surface area contributed by atoms with Crippen molar-refractivity contribution in [3.8, 4) is 0 Å². The zero-order valence-corrected chi connectivity index (χ0v) is 16.4. The topological polar surface area (TPSA) is 107 Å². The molecule has 3 rings (SSSR count). The number of anilines is 2. The summed E-state index contributed by atoms with van der Waals surface area (Å²) in [6.45, 7) is 4.49. The number of benzene rings is 2. The lowest BCUT2D eigenvalue weighted by Crippen LogP contribution is -2.09. The van der Waals surface area contributed by atoms with Crippen molar-refractivity contribution in [3.63, 3.8) is 0 Å². The molecule has 0 bridgehead atoms. The maximum absolute atomic E-state index is 11.3. The number of hydrogen-bond donors (Lipinski definition) is 2. The molecule has 0 atom stereocenters. The highest BCUT2D eigenvalue weighted by atomic mass is 32.2. The molecular formula is C20H21N5O2S. The number of nitro benzene ring substituents is 1. The van der Waals surface area contributed by atoms with Gasteiger partial charge in [0.15, 0.2) is 0 Å². The lowest BCUT2D eigenvalue weighted by Gasteiger charge is -2.13. The van der Waals surface area contributed by atoms with E-state index in [0.29, 0.717) is 23.1 Å². The van der Waals surface area contributed by atoms with Crippen molar-refractivity contribution in [2.45, 2.75) is 36.1 Å². The molecule has 3 aromatic rings. The fourth-order valence-corrected chi connectivity index (χ4v) is 3.58. The summed E-state index contributed by atoms with van der Waals surface area (Å²) in [4.78, 5) is 21.1. The quantitative estimate of drug-likeness (QED) is 0.435. The second-order valence-corrected chi connectivity index (χ2v) is 7.55. The third-order valence-corrected chi connectivity index (χ3v) is 5.21. The van der Waals surface area contributed by atoms with Gasteiger partial charge in [0.25, 0.3) is 5.69 Å². The second kappa shape index (κ2) is 8.71. The SMILES string of the molecule is CC(C)c1ncc(CNc2ccccc2Sc2ccccc2[N+](=O)[O-])c(N)n1. The Morgan fingerprint density at radius 2 is 1.82 bits per heavy atom. The van der Waals surface area contributed by atoms with Gasteiger partial charge in [-0.3, -0.25) is 10.1 Å². The number of aromatic nitrogens is 2. The summed E-state index contributed by atoms with van der Waals surface area (Å²) >= 11 is 1.35. The first-order chi connectivity index (χ1) is 13.5. The fourth-order valence-electron chi connectivity index (χ4n) is 2.55. The van der Waals surface area contributed by atoms with Gasteiger partial charge in [-0.1, -0.05) is 49.9 Å². The van der Waals surface area contributed by atoms with E-state index in [1.54, 1.807) is 24.4 Å². The first-order valence-corrected chi connectivity index (χ1v) is 9.63. The van der Waals surface area contributed by atoms with E-state index in [4.69, 9.17) is 5.73 Å². The number of nitro groups is 1. The summed E-state index contributed by atoms with van der Waals surface area (Å²) in [5.74, 6) is 1.38.